The van der Waals surface area contributed by atoms with Crippen LogP contribution >= 0.6 is 11.6 Å². The minimum Gasteiger partial charge on any atom is -0.496 e. The fourth-order valence-corrected chi connectivity index (χ4v) is 1.38. The van der Waals surface area contributed by atoms with Gasteiger partial charge < -0.3 is 15.2 Å². The number of halogens is 1. The number of carbonyl (C=O) groups excluding carboxylic acids is 1. The Labute approximate surface area is 97.0 Å². The van der Waals surface area contributed by atoms with Gasteiger partial charge in [0, 0.05) is 17.1 Å². The van der Waals surface area contributed by atoms with E-state index in [0.717, 1.165) is 0 Å². The quantitative estimate of drug-likeness (QED) is 0.778. The van der Waals surface area contributed by atoms with Crippen molar-refractivity contribution < 1.29 is 19.4 Å². The topological polar surface area (TPSA) is 75.6 Å². The Balaban J connectivity index is 2.80. The zero-order chi connectivity index (χ0) is 12.1. The lowest BCUT2D eigenvalue weighted by Crippen LogP contribution is -2.30. The lowest BCUT2D eigenvalue weighted by Gasteiger charge is -2.10. The van der Waals surface area contributed by atoms with Crippen LogP contribution in [0.5, 0.6) is 5.75 Å². The summed E-state index contributed by atoms with van der Waals surface area (Å²) in [5, 5.41) is 11.0. The Morgan fingerprint density at radius 3 is 2.75 bits per heavy atom. The number of methoxy groups -OCH3 is 1. The van der Waals surface area contributed by atoms with Crippen LogP contribution in [-0.2, 0) is 16.1 Å². The van der Waals surface area contributed by atoms with Crippen LogP contribution in [0.2, 0.25) is 5.02 Å². The van der Waals surface area contributed by atoms with Gasteiger partial charge >= 0.3 is 11.9 Å². The van der Waals surface area contributed by atoms with Gasteiger partial charge in [-0.05, 0) is 12.1 Å². The highest BCUT2D eigenvalue weighted by molar-refractivity contribution is 6.32. The van der Waals surface area contributed by atoms with Crippen molar-refractivity contribution in [3.05, 3.63) is 28.8 Å². The van der Waals surface area contributed by atoms with Crippen molar-refractivity contribution in [2.24, 2.45) is 0 Å². The van der Waals surface area contributed by atoms with Crippen LogP contribution in [0.25, 0.3) is 0 Å². The molecule has 1 aromatic carbocycles. The highest BCUT2D eigenvalue weighted by atomic mass is 35.5. The van der Waals surface area contributed by atoms with Gasteiger partial charge in [-0.3, -0.25) is 4.79 Å². The van der Waals surface area contributed by atoms with Crippen LogP contribution in [0.15, 0.2) is 18.2 Å². The third kappa shape index (κ3) is 2.87. The molecular weight excluding hydrogens is 234 g/mol. The molecule has 86 valence electrons. The van der Waals surface area contributed by atoms with Crippen molar-refractivity contribution >= 4 is 23.5 Å². The van der Waals surface area contributed by atoms with E-state index in [9.17, 15) is 9.59 Å². The molecule has 1 rings (SSSR count). The van der Waals surface area contributed by atoms with Gasteiger partial charge in [-0.15, -0.1) is 0 Å². The summed E-state index contributed by atoms with van der Waals surface area (Å²) in [7, 11) is 1.47. The number of amides is 1. The zero-order valence-corrected chi connectivity index (χ0v) is 9.25. The summed E-state index contributed by atoms with van der Waals surface area (Å²) < 4.78 is 5.04. The first-order valence-electron chi connectivity index (χ1n) is 4.38. The van der Waals surface area contributed by atoms with E-state index in [-0.39, 0.29) is 6.54 Å². The molecule has 1 aromatic rings. The molecule has 0 radical (unpaired) electrons. The fourth-order valence-electron chi connectivity index (χ4n) is 1.15. The van der Waals surface area contributed by atoms with Gasteiger partial charge in [0.25, 0.3) is 0 Å². The number of carbonyl (C=O) groups is 2. The van der Waals surface area contributed by atoms with Gasteiger partial charge in [-0.1, -0.05) is 17.7 Å². The second-order valence-electron chi connectivity index (χ2n) is 2.91. The van der Waals surface area contributed by atoms with Crippen molar-refractivity contribution in [2.45, 2.75) is 6.54 Å². The molecule has 16 heavy (non-hydrogen) atoms. The van der Waals surface area contributed by atoms with Crippen LogP contribution in [0, 0.1) is 0 Å². The lowest BCUT2D eigenvalue weighted by atomic mass is 10.2. The Hall–Kier alpha value is -1.75. The molecule has 0 saturated heterocycles. The zero-order valence-electron chi connectivity index (χ0n) is 8.49. The molecule has 0 aliphatic carbocycles. The van der Waals surface area contributed by atoms with E-state index in [2.05, 4.69) is 5.32 Å². The Bertz CT molecular complexity index is 419. The molecule has 0 aliphatic heterocycles. The molecule has 6 heteroatoms. The first kappa shape index (κ1) is 12.3. The normalized spacial score (nSPS) is 9.62. The third-order valence-electron chi connectivity index (χ3n) is 1.92. The predicted molar refractivity (Wildman–Crippen MR) is 57.5 cm³/mol. The molecule has 0 unspecified atom stereocenters. The first-order chi connectivity index (χ1) is 7.56. The van der Waals surface area contributed by atoms with Gasteiger partial charge in [0.1, 0.15) is 5.75 Å². The highest BCUT2D eigenvalue weighted by Gasteiger charge is 2.13. The lowest BCUT2D eigenvalue weighted by molar-refractivity contribution is -0.150. The van der Waals surface area contributed by atoms with Crippen LogP contribution in [0.4, 0.5) is 0 Å². The maximum absolute atomic E-state index is 10.8. The molecule has 1 amide bonds. The molecule has 0 saturated carbocycles. The van der Waals surface area contributed by atoms with Gasteiger partial charge in [0.05, 0.1) is 7.11 Å². The Kier molecular flexibility index (Phi) is 4.13. The number of hydrogen-bond donors (Lipinski definition) is 2. The molecule has 0 bridgehead atoms. The average molecular weight is 244 g/mol. The summed E-state index contributed by atoms with van der Waals surface area (Å²) in [6.45, 7) is 0.00792. The number of rotatable bonds is 3. The van der Waals surface area contributed by atoms with Crippen molar-refractivity contribution in [1.29, 1.82) is 0 Å². The standard InChI is InChI=1S/C10H10ClNO4/c1-16-8-4-2-3-7(11)6(8)5-12-9(13)10(14)15/h2-4H,5H2,1H3,(H,12,13)(H,14,15). The first-order valence-corrected chi connectivity index (χ1v) is 4.76. The molecule has 0 aromatic heterocycles. The second-order valence-corrected chi connectivity index (χ2v) is 3.32. The maximum Gasteiger partial charge on any atom is 0.394 e. The van der Waals surface area contributed by atoms with Crippen LogP contribution in [0.3, 0.4) is 0 Å². The Morgan fingerprint density at radius 2 is 2.19 bits per heavy atom. The highest BCUT2D eigenvalue weighted by Crippen LogP contribution is 2.25. The summed E-state index contributed by atoms with van der Waals surface area (Å²) in [5.41, 5.74) is 0.543. The minimum atomic E-state index is -1.54. The number of benzene rings is 1. The van der Waals surface area contributed by atoms with Gasteiger partial charge in [0.15, 0.2) is 0 Å². The molecule has 2 N–H and O–H groups in total. The van der Waals surface area contributed by atoms with Crippen molar-refractivity contribution in [2.75, 3.05) is 7.11 Å². The number of hydrogen-bond acceptors (Lipinski definition) is 3. The summed E-state index contributed by atoms with van der Waals surface area (Å²) in [6, 6.07) is 5.00. The van der Waals surface area contributed by atoms with E-state index in [1.165, 1.54) is 7.11 Å². The molecule has 0 aliphatic rings. The number of nitrogens with one attached hydrogen (secondary N) is 1. The summed E-state index contributed by atoms with van der Waals surface area (Å²) in [5.74, 6) is -2.12. The van der Waals surface area contributed by atoms with E-state index in [1.54, 1.807) is 18.2 Å². The van der Waals surface area contributed by atoms with E-state index in [1.807, 2.05) is 0 Å². The monoisotopic (exact) mass is 243 g/mol. The van der Waals surface area contributed by atoms with Crippen LogP contribution < -0.4 is 10.1 Å². The van der Waals surface area contributed by atoms with Gasteiger partial charge in [0.2, 0.25) is 0 Å². The molecular formula is C10H10ClNO4. The van der Waals surface area contributed by atoms with E-state index in [4.69, 9.17) is 21.4 Å². The van der Waals surface area contributed by atoms with Crippen molar-refractivity contribution in [3.63, 3.8) is 0 Å². The second kappa shape index (κ2) is 5.37. The number of carboxylic acid groups (broad SMARTS) is 1. The Morgan fingerprint density at radius 1 is 1.50 bits per heavy atom. The van der Waals surface area contributed by atoms with E-state index in [0.29, 0.717) is 16.3 Å². The number of aliphatic carboxylic acids is 1. The van der Waals surface area contributed by atoms with E-state index >= 15 is 0 Å². The minimum absolute atomic E-state index is 0.00792. The molecule has 0 spiro atoms. The average Bonchev–Trinajstić information content (AvgIpc) is 2.26. The maximum atomic E-state index is 10.8. The van der Waals surface area contributed by atoms with E-state index < -0.39 is 11.9 Å². The third-order valence-corrected chi connectivity index (χ3v) is 2.27. The van der Waals surface area contributed by atoms with Crippen molar-refractivity contribution in [1.82, 2.24) is 5.32 Å². The largest absolute Gasteiger partial charge is 0.496 e. The van der Waals surface area contributed by atoms with Crippen molar-refractivity contribution in [3.8, 4) is 5.75 Å². The molecule has 0 heterocycles. The smallest absolute Gasteiger partial charge is 0.394 e. The van der Waals surface area contributed by atoms with Crippen LogP contribution in [-0.4, -0.2) is 24.1 Å². The molecule has 5 nitrogen and oxygen atoms in total. The fraction of sp³-hybridized carbons (Fsp3) is 0.200. The number of ether oxygens (including phenoxy) is 1. The number of carboxylic acids is 1. The summed E-state index contributed by atoms with van der Waals surface area (Å²) in [6.07, 6.45) is 0. The summed E-state index contributed by atoms with van der Waals surface area (Å²) >= 11 is 5.89. The molecule has 0 fully saturated rings. The summed E-state index contributed by atoms with van der Waals surface area (Å²) in [4.78, 5) is 21.1. The van der Waals surface area contributed by atoms with Gasteiger partial charge in [-0.25, -0.2) is 4.79 Å². The van der Waals surface area contributed by atoms with Gasteiger partial charge in [-0.2, -0.15) is 0 Å². The SMILES string of the molecule is COc1cccc(Cl)c1CNC(=O)C(=O)O. The molecule has 0 atom stereocenters. The predicted octanol–water partition coefficient (Wildman–Crippen LogP) is 1.05. The van der Waals surface area contributed by atoms with Crippen LogP contribution in [0.1, 0.15) is 5.56 Å².